The Hall–Kier alpha value is -1.91. The molecule has 0 radical (unpaired) electrons. The molecule has 0 heterocycles. The van der Waals surface area contributed by atoms with E-state index in [1.165, 1.54) is 51.4 Å². The van der Waals surface area contributed by atoms with Crippen molar-refractivity contribution >= 4 is 6.16 Å². The van der Waals surface area contributed by atoms with Crippen LogP contribution in [0.2, 0.25) is 0 Å². The van der Waals surface area contributed by atoms with Crippen LogP contribution in [0, 0.1) is 0 Å². The van der Waals surface area contributed by atoms with Gasteiger partial charge in [0.1, 0.15) is 5.75 Å². The highest BCUT2D eigenvalue weighted by atomic mass is 16.7. The molecule has 0 fully saturated rings. The van der Waals surface area contributed by atoms with Crippen LogP contribution in [0.15, 0.2) is 6.07 Å². The van der Waals surface area contributed by atoms with Crippen LogP contribution in [0.5, 0.6) is 17.2 Å². The largest absolute Gasteiger partial charge is 0.511 e. The molecule has 0 aliphatic heterocycles. The summed E-state index contributed by atoms with van der Waals surface area (Å²) in [5.41, 5.74) is 1.83. The summed E-state index contributed by atoms with van der Waals surface area (Å²) in [6.07, 6.45) is 16.2. The lowest BCUT2D eigenvalue weighted by Gasteiger charge is -2.19. The number of rotatable bonds is 19. The maximum Gasteiger partial charge on any atom is 0.511 e. The zero-order valence-electron chi connectivity index (χ0n) is 20.7. The molecule has 184 valence electrons. The smallest absolute Gasteiger partial charge is 0.504 e. The van der Waals surface area contributed by atoms with Crippen LogP contribution < -0.4 is 9.47 Å². The van der Waals surface area contributed by atoms with Crippen LogP contribution in [0.1, 0.15) is 122 Å². The summed E-state index contributed by atoms with van der Waals surface area (Å²) in [6.45, 7) is 7.12. The molecular formula is C27H46O5. The van der Waals surface area contributed by atoms with Gasteiger partial charge in [0.25, 0.3) is 0 Å². The zero-order valence-corrected chi connectivity index (χ0v) is 20.7. The first-order valence-corrected chi connectivity index (χ1v) is 13.0. The molecule has 1 aromatic rings. The van der Waals surface area contributed by atoms with E-state index in [2.05, 4.69) is 20.8 Å². The van der Waals surface area contributed by atoms with Crippen LogP contribution in [-0.4, -0.2) is 23.0 Å². The number of carboxylic acid groups (broad SMARTS) is 1. The Bertz CT molecular complexity index is 641. The Balaban J connectivity index is 3.03. The fraction of sp³-hybridized carbons (Fsp3) is 0.741. The van der Waals surface area contributed by atoms with E-state index >= 15 is 0 Å². The number of phenolic OH excluding ortho intramolecular Hbond substituents is 1. The average Bonchev–Trinajstić information content (AvgIpc) is 2.76. The van der Waals surface area contributed by atoms with Gasteiger partial charge < -0.3 is 19.7 Å². The van der Waals surface area contributed by atoms with Gasteiger partial charge in [-0.2, -0.15) is 0 Å². The molecule has 0 amide bonds. The normalized spacial score (nSPS) is 11.0. The maximum absolute atomic E-state index is 11.2. The van der Waals surface area contributed by atoms with E-state index in [0.29, 0.717) is 18.8 Å². The van der Waals surface area contributed by atoms with Crippen LogP contribution >= 0.6 is 0 Å². The molecule has 5 nitrogen and oxygen atoms in total. The van der Waals surface area contributed by atoms with Crippen molar-refractivity contribution in [2.24, 2.45) is 0 Å². The first-order valence-electron chi connectivity index (χ1n) is 13.0. The lowest BCUT2D eigenvalue weighted by atomic mass is 9.94. The summed E-state index contributed by atoms with van der Waals surface area (Å²) in [5, 5.41) is 20.0. The summed E-state index contributed by atoms with van der Waals surface area (Å²) in [4.78, 5) is 11.2. The topological polar surface area (TPSA) is 76.0 Å². The van der Waals surface area contributed by atoms with E-state index in [4.69, 9.17) is 14.6 Å². The van der Waals surface area contributed by atoms with Gasteiger partial charge >= 0.3 is 6.16 Å². The second kappa shape index (κ2) is 17.6. The number of hydrogen-bond donors (Lipinski definition) is 2. The number of carbonyl (C=O) groups is 1. The lowest BCUT2D eigenvalue weighted by Crippen LogP contribution is -2.08. The zero-order chi connectivity index (χ0) is 23.6. The van der Waals surface area contributed by atoms with Gasteiger partial charge in [-0.3, -0.25) is 0 Å². The third-order valence-corrected chi connectivity index (χ3v) is 5.96. The summed E-state index contributed by atoms with van der Waals surface area (Å²) in [6, 6.07) is 1.57. The molecule has 0 saturated heterocycles. The third-order valence-electron chi connectivity index (χ3n) is 5.96. The predicted molar refractivity (Wildman–Crippen MR) is 131 cm³/mol. The quantitative estimate of drug-likeness (QED) is 0.126. The van der Waals surface area contributed by atoms with Crippen molar-refractivity contribution in [1.29, 1.82) is 0 Å². The van der Waals surface area contributed by atoms with Gasteiger partial charge in [-0.15, -0.1) is 0 Å². The highest BCUT2D eigenvalue weighted by Gasteiger charge is 2.21. The third kappa shape index (κ3) is 11.1. The number of hydrogen-bond acceptors (Lipinski definition) is 4. The number of phenols is 1. The highest BCUT2D eigenvalue weighted by molar-refractivity contribution is 5.66. The molecule has 32 heavy (non-hydrogen) atoms. The van der Waals surface area contributed by atoms with Gasteiger partial charge in [0, 0.05) is 17.2 Å². The standard InChI is InChI=1S/C27H46O5/c1-4-7-10-12-14-16-18-22-23(19-17-15-13-11-8-5-2)26(28)25(32-27(29)30)21-24(22)31-20-9-6-3/h21,28H,4-20H2,1-3H3,(H,29,30). The van der Waals surface area contributed by atoms with E-state index in [1.807, 2.05) is 0 Å². The molecule has 0 atom stereocenters. The first-order chi connectivity index (χ1) is 15.5. The van der Waals surface area contributed by atoms with Crippen LogP contribution in [0.25, 0.3) is 0 Å². The van der Waals surface area contributed by atoms with Crippen molar-refractivity contribution in [2.45, 2.75) is 124 Å². The van der Waals surface area contributed by atoms with E-state index in [0.717, 1.165) is 56.1 Å². The van der Waals surface area contributed by atoms with Gasteiger partial charge in [0.05, 0.1) is 6.61 Å². The first kappa shape index (κ1) is 28.1. The minimum atomic E-state index is -1.42. The van der Waals surface area contributed by atoms with Crippen molar-refractivity contribution in [3.63, 3.8) is 0 Å². The summed E-state index contributed by atoms with van der Waals surface area (Å²) in [7, 11) is 0. The molecule has 2 N–H and O–H groups in total. The minimum Gasteiger partial charge on any atom is -0.504 e. The Kier molecular flexibility index (Phi) is 15.5. The second-order valence-electron chi connectivity index (χ2n) is 8.78. The Morgan fingerprint density at radius 1 is 0.719 bits per heavy atom. The van der Waals surface area contributed by atoms with E-state index in [1.54, 1.807) is 6.07 Å². The molecule has 0 aliphatic rings. The van der Waals surface area contributed by atoms with Crippen LogP contribution in [0.4, 0.5) is 4.79 Å². The highest BCUT2D eigenvalue weighted by Crippen LogP contribution is 2.41. The molecule has 0 aromatic heterocycles. The molecule has 0 saturated carbocycles. The van der Waals surface area contributed by atoms with Crippen molar-refractivity contribution in [3.05, 3.63) is 17.2 Å². The van der Waals surface area contributed by atoms with Crippen LogP contribution in [0.3, 0.4) is 0 Å². The lowest BCUT2D eigenvalue weighted by molar-refractivity contribution is 0.142. The molecule has 0 bridgehead atoms. The molecule has 1 rings (SSSR count). The van der Waals surface area contributed by atoms with Crippen molar-refractivity contribution in [2.75, 3.05) is 6.61 Å². The molecule has 0 unspecified atom stereocenters. The number of unbranched alkanes of at least 4 members (excludes halogenated alkanes) is 11. The van der Waals surface area contributed by atoms with E-state index in [-0.39, 0.29) is 11.5 Å². The van der Waals surface area contributed by atoms with Crippen molar-refractivity contribution in [1.82, 2.24) is 0 Å². The van der Waals surface area contributed by atoms with Gasteiger partial charge in [0.15, 0.2) is 11.5 Å². The van der Waals surface area contributed by atoms with Crippen molar-refractivity contribution in [3.8, 4) is 17.2 Å². The molecule has 0 aliphatic carbocycles. The maximum atomic E-state index is 11.2. The van der Waals surface area contributed by atoms with Crippen molar-refractivity contribution < 1.29 is 24.5 Å². The number of ether oxygens (including phenoxy) is 2. The molecular weight excluding hydrogens is 404 g/mol. The second-order valence-corrected chi connectivity index (χ2v) is 8.78. The predicted octanol–water partition coefficient (Wildman–Crippen LogP) is 8.43. The van der Waals surface area contributed by atoms with E-state index in [9.17, 15) is 9.90 Å². The Labute approximate surface area is 195 Å². The number of aromatic hydroxyl groups is 1. The van der Waals surface area contributed by atoms with Crippen LogP contribution in [-0.2, 0) is 12.8 Å². The monoisotopic (exact) mass is 450 g/mol. The fourth-order valence-electron chi connectivity index (χ4n) is 4.05. The summed E-state index contributed by atoms with van der Waals surface area (Å²) in [5.74, 6) is 0.614. The number of benzene rings is 1. The fourth-order valence-corrected chi connectivity index (χ4v) is 4.05. The SMILES string of the molecule is CCCCCCCCc1c(OCCCC)cc(OC(=O)O)c(O)c1CCCCCCCC. The minimum absolute atomic E-state index is 0.0170. The Morgan fingerprint density at radius 3 is 1.75 bits per heavy atom. The molecule has 5 heteroatoms. The molecule has 0 spiro atoms. The summed E-state index contributed by atoms with van der Waals surface area (Å²) < 4.78 is 11.0. The van der Waals surface area contributed by atoms with Gasteiger partial charge in [-0.25, -0.2) is 4.79 Å². The average molecular weight is 451 g/mol. The van der Waals surface area contributed by atoms with Gasteiger partial charge in [-0.05, 0) is 32.1 Å². The van der Waals surface area contributed by atoms with E-state index < -0.39 is 6.16 Å². The van der Waals surface area contributed by atoms with Gasteiger partial charge in [0.2, 0.25) is 0 Å². The molecule has 1 aromatic carbocycles. The van der Waals surface area contributed by atoms with Gasteiger partial charge in [-0.1, -0.05) is 91.4 Å². The summed E-state index contributed by atoms with van der Waals surface area (Å²) >= 11 is 0. The Morgan fingerprint density at radius 2 is 1.22 bits per heavy atom.